The standard InChI is InChI=1S/C19H35F3/c1-4-6-8-10-12-14-17(3,13-11-9-7-5-2)18(15-16-18)19(20,21)22/h4-16H2,1-3H3. The summed E-state index contributed by atoms with van der Waals surface area (Å²) >= 11 is 0. The van der Waals surface area contributed by atoms with Gasteiger partial charge >= 0.3 is 6.18 Å². The predicted molar refractivity (Wildman–Crippen MR) is 88.0 cm³/mol. The second-order valence-corrected chi connectivity index (χ2v) is 7.62. The molecule has 0 aromatic heterocycles. The molecule has 0 saturated heterocycles. The Morgan fingerprint density at radius 2 is 1.14 bits per heavy atom. The van der Waals surface area contributed by atoms with E-state index in [1.165, 1.54) is 19.3 Å². The van der Waals surface area contributed by atoms with Crippen molar-refractivity contribution in [1.82, 2.24) is 0 Å². The van der Waals surface area contributed by atoms with Crippen LogP contribution in [0.1, 0.15) is 104 Å². The largest absolute Gasteiger partial charge is 0.395 e. The number of unbranched alkanes of at least 4 members (excludes halogenated alkanes) is 7. The number of hydrogen-bond donors (Lipinski definition) is 0. The molecule has 0 heterocycles. The van der Waals surface area contributed by atoms with Crippen molar-refractivity contribution in [2.75, 3.05) is 0 Å². The van der Waals surface area contributed by atoms with E-state index in [1.807, 2.05) is 6.92 Å². The quantitative estimate of drug-likeness (QED) is 0.324. The van der Waals surface area contributed by atoms with Crippen LogP contribution < -0.4 is 0 Å². The van der Waals surface area contributed by atoms with Crippen molar-refractivity contribution in [1.29, 1.82) is 0 Å². The Balaban J connectivity index is 2.60. The number of alkyl halides is 3. The van der Waals surface area contributed by atoms with Crippen LogP contribution in [0.5, 0.6) is 0 Å². The highest BCUT2D eigenvalue weighted by Gasteiger charge is 2.70. The van der Waals surface area contributed by atoms with Gasteiger partial charge in [-0.3, -0.25) is 0 Å². The lowest BCUT2D eigenvalue weighted by Crippen LogP contribution is -2.40. The molecule has 1 rings (SSSR count). The van der Waals surface area contributed by atoms with E-state index in [-0.39, 0.29) is 0 Å². The molecule has 0 bridgehead atoms. The fourth-order valence-corrected chi connectivity index (χ4v) is 4.02. The molecule has 1 saturated carbocycles. The first-order valence-corrected chi connectivity index (χ1v) is 9.40. The molecule has 1 atom stereocenters. The smallest absolute Gasteiger partial charge is 0.170 e. The van der Waals surface area contributed by atoms with E-state index in [4.69, 9.17) is 0 Å². The lowest BCUT2D eigenvalue weighted by molar-refractivity contribution is -0.223. The highest BCUT2D eigenvalue weighted by Crippen LogP contribution is 2.70. The summed E-state index contributed by atoms with van der Waals surface area (Å²) < 4.78 is 40.8. The van der Waals surface area contributed by atoms with Crippen molar-refractivity contribution >= 4 is 0 Å². The van der Waals surface area contributed by atoms with Crippen LogP contribution in [0.3, 0.4) is 0 Å². The minimum atomic E-state index is -4.02. The van der Waals surface area contributed by atoms with E-state index in [0.29, 0.717) is 12.8 Å². The summed E-state index contributed by atoms with van der Waals surface area (Å²) in [7, 11) is 0. The van der Waals surface area contributed by atoms with Crippen molar-refractivity contribution < 1.29 is 13.2 Å². The lowest BCUT2D eigenvalue weighted by atomic mass is 9.67. The third kappa shape index (κ3) is 4.89. The van der Waals surface area contributed by atoms with Gasteiger partial charge in [-0.05, 0) is 31.1 Å². The summed E-state index contributed by atoms with van der Waals surface area (Å²) in [5, 5.41) is 0. The molecule has 3 heteroatoms. The molecule has 0 N–H and O–H groups in total. The van der Waals surface area contributed by atoms with Crippen LogP contribution in [0.15, 0.2) is 0 Å². The molecule has 1 unspecified atom stereocenters. The van der Waals surface area contributed by atoms with E-state index in [1.54, 1.807) is 0 Å². The van der Waals surface area contributed by atoms with E-state index in [2.05, 4.69) is 13.8 Å². The Morgan fingerprint density at radius 1 is 0.727 bits per heavy atom. The maximum Gasteiger partial charge on any atom is 0.395 e. The highest BCUT2D eigenvalue weighted by molar-refractivity contribution is 5.09. The molecular weight excluding hydrogens is 285 g/mol. The Bertz CT molecular complexity index is 304. The third-order valence-electron chi connectivity index (χ3n) is 5.86. The first-order chi connectivity index (χ1) is 10.3. The van der Waals surface area contributed by atoms with Gasteiger partial charge in [0.05, 0.1) is 5.41 Å². The summed E-state index contributed by atoms with van der Waals surface area (Å²) in [6.07, 6.45) is 8.12. The molecular formula is C19H35F3. The zero-order chi connectivity index (χ0) is 16.7. The highest BCUT2D eigenvalue weighted by atomic mass is 19.4. The molecule has 22 heavy (non-hydrogen) atoms. The molecule has 0 radical (unpaired) electrons. The average molecular weight is 320 g/mol. The van der Waals surface area contributed by atoms with Crippen LogP contribution in [0, 0.1) is 10.8 Å². The zero-order valence-corrected chi connectivity index (χ0v) is 14.8. The number of halogens is 3. The summed E-state index contributed by atoms with van der Waals surface area (Å²) in [5.74, 6) is 0. The molecule has 132 valence electrons. The lowest BCUT2D eigenvalue weighted by Gasteiger charge is -2.40. The van der Waals surface area contributed by atoms with E-state index in [0.717, 1.165) is 51.4 Å². The second kappa shape index (κ2) is 8.59. The Morgan fingerprint density at radius 3 is 1.50 bits per heavy atom. The average Bonchev–Trinajstić information content (AvgIpc) is 3.25. The molecule has 0 aliphatic heterocycles. The van der Waals surface area contributed by atoms with Gasteiger partial charge in [-0.25, -0.2) is 0 Å². The first kappa shape index (κ1) is 19.8. The van der Waals surface area contributed by atoms with E-state index in [9.17, 15) is 13.2 Å². The fraction of sp³-hybridized carbons (Fsp3) is 1.00. The van der Waals surface area contributed by atoms with Gasteiger partial charge in [0, 0.05) is 0 Å². The fourth-order valence-electron chi connectivity index (χ4n) is 4.02. The molecule has 0 spiro atoms. The molecule has 1 aliphatic rings. The second-order valence-electron chi connectivity index (χ2n) is 7.62. The molecule has 0 aromatic rings. The minimum absolute atomic E-state index is 0.357. The van der Waals surface area contributed by atoms with Crippen molar-refractivity contribution in [3.05, 3.63) is 0 Å². The number of rotatable bonds is 12. The van der Waals surface area contributed by atoms with Crippen LogP contribution in [0.25, 0.3) is 0 Å². The van der Waals surface area contributed by atoms with Crippen LogP contribution in [0.2, 0.25) is 0 Å². The molecule has 0 nitrogen and oxygen atoms in total. The van der Waals surface area contributed by atoms with E-state index < -0.39 is 17.0 Å². The van der Waals surface area contributed by atoms with Crippen LogP contribution in [0.4, 0.5) is 13.2 Å². The monoisotopic (exact) mass is 320 g/mol. The first-order valence-electron chi connectivity index (χ1n) is 9.40. The Hall–Kier alpha value is -0.210. The SMILES string of the molecule is CCCCCCCC(C)(CCCCCC)C1(C(F)(F)F)CC1. The summed E-state index contributed by atoms with van der Waals surface area (Å²) in [6, 6.07) is 0. The topological polar surface area (TPSA) is 0 Å². The van der Waals surface area contributed by atoms with Gasteiger partial charge in [0.25, 0.3) is 0 Å². The van der Waals surface area contributed by atoms with Gasteiger partial charge < -0.3 is 0 Å². The van der Waals surface area contributed by atoms with Gasteiger partial charge in [0.2, 0.25) is 0 Å². The van der Waals surface area contributed by atoms with Crippen molar-refractivity contribution in [2.45, 2.75) is 110 Å². The predicted octanol–water partition coefficient (Wildman–Crippen LogP) is 7.67. The maximum atomic E-state index is 13.6. The van der Waals surface area contributed by atoms with Gasteiger partial charge in [-0.2, -0.15) is 13.2 Å². The van der Waals surface area contributed by atoms with Gasteiger partial charge in [-0.1, -0.05) is 78.6 Å². The van der Waals surface area contributed by atoms with Crippen LogP contribution in [-0.4, -0.2) is 6.18 Å². The maximum absolute atomic E-state index is 13.6. The normalized spacial score (nSPS) is 19.9. The Kier molecular flexibility index (Phi) is 7.74. The summed E-state index contributed by atoms with van der Waals surface area (Å²) in [5.41, 5.74) is -1.90. The summed E-state index contributed by atoms with van der Waals surface area (Å²) in [4.78, 5) is 0. The molecule has 1 fully saturated rings. The van der Waals surface area contributed by atoms with Crippen LogP contribution >= 0.6 is 0 Å². The van der Waals surface area contributed by atoms with E-state index >= 15 is 0 Å². The summed E-state index contributed by atoms with van der Waals surface area (Å²) in [6.45, 7) is 6.24. The van der Waals surface area contributed by atoms with Crippen LogP contribution in [-0.2, 0) is 0 Å². The van der Waals surface area contributed by atoms with Crippen molar-refractivity contribution in [3.63, 3.8) is 0 Å². The van der Waals surface area contributed by atoms with Crippen molar-refractivity contribution in [2.24, 2.45) is 10.8 Å². The van der Waals surface area contributed by atoms with Crippen molar-refractivity contribution in [3.8, 4) is 0 Å². The number of hydrogen-bond acceptors (Lipinski definition) is 0. The Labute approximate surface area is 135 Å². The zero-order valence-electron chi connectivity index (χ0n) is 14.8. The molecule has 0 amide bonds. The van der Waals surface area contributed by atoms with Gasteiger partial charge in [0.1, 0.15) is 0 Å². The van der Waals surface area contributed by atoms with Gasteiger partial charge in [-0.15, -0.1) is 0 Å². The molecule has 0 aromatic carbocycles. The molecule has 1 aliphatic carbocycles. The van der Waals surface area contributed by atoms with Gasteiger partial charge in [0.15, 0.2) is 0 Å². The minimum Gasteiger partial charge on any atom is -0.170 e. The third-order valence-corrected chi connectivity index (χ3v) is 5.86.